The fourth-order valence-electron chi connectivity index (χ4n) is 3.06. The molecule has 1 heterocycles. The van der Waals surface area contributed by atoms with Gasteiger partial charge >= 0.3 is 0 Å². The smallest absolute Gasteiger partial charge is 0.256 e. The van der Waals surface area contributed by atoms with Crippen molar-refractivity contribution < 1.29 is 4.79 Å². The van der Waals surface area contributed by atoms with Gasteiger partial charge in [0.05, 0.1) is 11.4 Å². The van der Waals surface area contributed by atoms with Crippen molar-refractivity contribution in [2.75, 3.05) is 5.32 Å². The maximum Gasteiger partial charge on any atom is 0.256 e. The van der Waals surface area contributed by atoms with Crippen molar-refractivity contribution in [3.63, 3.8) is 0 Å². The van der Waals surface area contributed by atoms with E-state index in [2.05, 4.69) is 27.9 Å². The Labute approximate surface area is 154 Å². The summed E-state index contributed by atoms with van der Waals surface area (Å²) in [4.78, 5) is 12.7. The predicted octanol–water partition coefficient (Wildman–Crippen LogP) is 4.22. The van der Waals surface area contributed by atoms with Gasteiger partial charge in [-0.25, -0.2) is 4.68 Å². The van der Waals surface area contributed by atoms with Crippen molar-refractivity contribution in [2.45, 2.75) is 19.3 Å². The quantitative estimate of drug-likeness (QED) is 0.634. The highest BCUT2D eigenvalue weighted by atomic mass is 127. The molecule has 1 N–H and O–H groups in total. The Hall–Kier alpha value is -2.15. The number of fused-ring (bicyclic) bond motifs is 1. The molecule has 1 aromatic heterocycles. The van der Waals surface area contributed by atoms with E-state index in [1.165, 1.54) is 0 Å². The van der Waals surface area contributed by atoms with Gasteiger partial charge in [0.25, 0.3) is 5.91 Å². The van der Waals surface area contributed by atoms with Crippen LogP contribution in [-0.4, -0.2) is 15.7 Å². The number of aryl methyl sites for hydroxylation is 1. The van der Waals surface area contributed by atoms with Crippen LogP contribution < -0.4 is 5.32 Å². The summed E-state index contributed by atoms with van der Waals surface area (Å²) in [6, 6.07) is 17.5. The van der Waals surface area contributed by atoms with Crippen LogP contribution in [0.25, 0.3) is 5.69 Å². The van der Waals surface area contributed by atoms with Gasteiger partial charge in [-0.05, 0) is 78.3 Å². The summed E-state index contributed by atoms with van der Waals surface area (Å²) in [7, 11) is 0. The fraction of sp³-hybridized carbons (Fsp3) is 0.158. The molecule has 24 heavy (non-hydrogen) atoms. The summed E-state index contributed by atoms with van der Waals surface area (Å²) in [5.41, 5.74) is 3.88. The average Bonchev–Trinajstić information content (AvgIpc) is 3.19. The van der Waals surface area contributed by atoms with E-state index in [0.29, 0.717) is 5.56 Å². The number of carbonyl (C=O) groups excluding carboxylic acids is 1. The van der Waals surface area contributed by atoms with Crippen LogP contribution in [-0.2, 0) is 12.8 Å². The molecule has 4 nitrogen and oxygen atoms in total. The van der Waals surface area contributed by atoms with Gasteiger partial charge in [0.2, 0.25) is 0 Å². The number of rotatable bonds is 3. The zero-order chi connectivity index (χ0) is 16.5. The number of nitrogens with one attached hydrogen (secondary N) is 1. The first-order chi connectivity index (χ1) is 11.7. The first kappa shape index (κ1) is 15.4. The minimum atomic E-state index is -0.0989. The van der Waals surface area contributed by atoms with Crippen LogP contribution in [0.4, 0.5) is 5.82 Å². The number of halogens is 1. The van der Waals surface area contributed by atoms with Gasteiger partial charge < -0.3 is 5.32 Å². The Kier molecular flexibility index (Phi) is 4.10. The van der Waals surface area contributed by atoms with Crippen LogP contribution in [0.1, 0.15) is 28.0 Å². The maximum atomic E-state index is 12.7. The second-order valence-corrected chi connectivity index (χ2v) is 7.08. The summed E-state index contributed by atoms with van der Waals surface area (Å²) >= 11 is 2.23. The molecule has 0 bridgehead atoms. The third-order valence-electron chi connectivity index (χ3n) is 4.25. The van der Waals surface area contributed by atoms with Gasteiger partial charge in [-0.2, -0.15) is 5.10 Å². The molecular weight excluding hydrogens is 413 g/mol. The Morgan fingerprint density at radius 1 is 1.04 bits per heavy atom. The molecule has 0 atom stereocenters. The van der Waals surface area contributed by atoms with Crippen LogP contribution in [0.2, 0.25) is 0 Å². The first-order valence-electron chi connectivity index (χ1n) is 7.95. The SMILES string of the molecule is O=C(Nc1c2c(nn1-c1ccccc1)CCC2)c1ccc(I)cc1. The molecule has 0 fully saturated rings. The maximum absolute atomic E-state index is 12.7. The number of amides is 1. The number of hydrogen-bond acceptors (Lipinski definition) is 2. The monoisotopic (exact) mass is 429 g/mol. The lowest BCUT2D eigenvalue weighted by Crippen LogP contribution is -2.16. The molecule has 0 unspecified atom stereocenters. The van der Waals surface area contributed by atoms with Gasteiger partial charge in [0.15, 0.2) is 0 Å². The highest BCUT2D eigenvalue weighted by molar-refractivity contribution is 14.1. The van der Waals surface area contributed by atoms with E-state index >= 15 is 0 Å². The van der Waals surface area contributed by atoms with E-state index in [0.717, 1.165) is 45.6 Å². The molecule has 1 amide bonds. The zero-order valence-electron chi connectivity index (χ0n) is 13.0. The van der Waals surface area contributed by atoms with E-state index in [1.54, 1.807) is 0 Å². The normalized spacial score (nSPS) is 12.9. The van der Waals surface area contributed by atoms with Crippen molar-refractivity contribution in [1.29, 1.82) is 0 Å². The average molecular weight is 429 g/mol. The highest BCUT2D eigenvalue weighted by Gasteiger charge is 2.24. The van der Waals surface area contributed by atoms with E-state index in [-0.39, 0.29) is 5.91 Å². The third-order valence-corrected chi connectivity index (χ3v) is 4.97. The minimum Gasteiger partial charge on any atom is -0.306 e. The van der Waals surface area contributed by atoms with E-state index in [9.17, 15) is 4.79 Å². The van der Waals surface area contributed by atoms with Gasteiger partial charge in [0, 0.05) is 14.7 Å². The van der Waals surface area contributed by atoms with Crippen molar-refractivity contribution in [3.8, 4) is 5.69 Å². The second-order valence-electron chi connectivity index (χ2n) is 5.84. The van der Waals surface area contributed by atoms with Gasteiger partial charge in [0.1, 0.15) is 5.82 Å². The van der Waals surface area contributed by atoms with Gasteiger partial charge in [-0.15, -0.1) is 0 Å². The zero-order valence-corrected chi connectivity index (χ0v) is 15.2. The first-order valence-corrected chi connectivity index (χ1v) is 9.03. The van der Waals surface area contributed by atoms with Crippen LogP contribution in [0.15, 0.2) is 54.6 Å². The number of carbonyl (C=O) groups is 1. The number of anilines is 1. The van der Waals surface area contributed by atoms with Crippen LogP contribution in [0.3, 0.4) is 0 Å². The number of hydrogen-bond donors (Lipinski definition) is 1. The Balaban J connectivity index is 1.72. The number of aromatic nitrogens is 2. The molecule has 120 valence electrons. The molecule has 0 radical (unpaired) electrons. The summed E-state index contributed by atoms with van der Waals surface area (Å²) < 4.78 is 2.97. The molecule has 4 rings (SSSR count). The predicted molar refractivity (Wildman–Crippen MR) is 103 cm³/mol. The summed E-state index contributed by atoms with van der Waals surface area (Å²) in [5, 5.41) is 7.81. The van der Waals surface area contributed by atoms with Gasteiger partial charge in [-0.1, -0.05) is 18.2 Å². The van der Waals surface area contributed by atoms with Crippen LogP contribution >= 0.6 is 22.6 Å². The largest absolute Gasteiger partial charge is 0.306 e. The molecule has 5 heteroatoms. The van der Waals surface area contributed by atoms with Crippen molar-refractivity contribution in [1.82, 2.24) is 9.78 Å². The molecule has 3 aromatic rings. The Morgan fingerprint density at radius 2 is 1.79 bits per heavy atom. The van der Waals surface area contributed by atoms with E-state index in [4.69, 9.17) is 5.10 Å². The number of benzene rings is 2. The number of nitrogens with zero attached hydrogens (tertiary/aromatic N) is 2. The number of para-hydroxylation sites is 1. The molecular formula is C19H16IN3O. The molecule has 0 saturated heterocycles. The molecule has 0 aliphatic heterocycles. The minimum absolute atomic E-state index is 0.0989. The van der Waals surface area contributed by atoms with E-state index in [1.807, 2.05) is 59.3 Å². The molecule has 1 aliphatic rings. The van der Waals surface area contributed by atoms with Crippen LogP contribution in [0.5, 0.6) is 0 Å². The van der Waals surface area contributed by atoms with Crippen LogP contribution in [0, 0.1) is 3.57 Å². The molecule has 0 saturated carbocycles. The lowest BCUT2D eigenvalue weighted by atomic mass is 10.2. The second kappa shape index (κ2) is 6.39. The topological polar surface area (TPSA) is 46.9 Å². The third kappa shape index (κ3) is 2.84. The summed E-state index contributed by atoms with van der Waals surface area (Å²) in [6.07, 6.45) is 3.03. The Bertz CT molecular complexity index is 885. The van der Waals surface area contributed by atoms with Gasteiger partial charge in [-0.3, -0.25) is 4.79 Å². The standard InChI is InChI=1S/C19H16IN3O/c20-14-11-9-13(10-12-14)19(24)21-18-16-7-4-8-17(16)22-23(18)15-5-2-1-3-6-15/h1-3,5-6,9-12H,4,7-8H2,(H,21,24). The lowest BCUT2D eigenvalue weighted by molar-refractivity contribution is 0.102. The van der Waals surface area contributed by atoms with Crippen molar-refractivity contribution in [2.24, 2.45) is 0 Å². The summed E-state index contributed by atoms with van der Waals surface area (Å²) in [5.74, 6) is 0.704. The lowest BCUT2D eigenvalue weighted by Gasteiger charge is -2.11. The molecule has 0 spiro atoms. The summed E-state index contributed by atoms with van der Waals surface area (Å²) in [6.45, 7) is 0. The Morgan fingerprint density at radius 3 is 2.54 bits per heavy atom. The molecule has 2 aromatic carbocycles. The fourth-order valence-corrected chi connectivity index (χ4v) is 3.42. The van der Waals surface area contributed by atoms with Crippen molar-refractivity contribution in [3.05, 3.63) is 75.0 Å². The van der Waals surface area contributed by atoms with Crippen molar-refractivity contribution >= 4 is 34.3 Å². The molecule has 1 aliphatic carbocycles. The highest BCUT2D eigenvalue weighted by Crippen LogP contribution is 2.31. The van der Waals surface area contributed by atoms with E-state index < -0.39 is 0 Å².